The molecule has 0 fully saturated rings. The van der Waals surface area contributed by atoms with Gasteiger partial charge in [-0.3, -0.25) is 24.2 Å². The van der Waals surface area contributed by atoms with Crippen molar-refractivity contribution in [2.24, 2.45) is 12.8 Å². The maximum atomic E-state index is 12.5. The third kappa shape index (κ3) is 2.59. The predicted molar refractivity (Wildman–Crippen MR) is 83.4 cm³/mol. The van der Waals surface area contributed by atoms with Gasteiger partial charge in [-0.25, -0.2) is 4.68 Å². The van der Waals surface area contributed by atoms with Crippen LogP contribution < -0.4 is 11.3 Å². The van der Waals surface area contributed by atoms with E-state index in [-0.39, 0.29) is 12.0 Å². The van der Waals surface area contributed by atoms with Crippen LogP contribution in [-0.2, 0) is 18.3 Å². The number of hydrogen-bond acceptors (Lipinski definition) is 5. The summed E-state index contributed by atoms with van der Waals surface area (Å²) >= 11 is 0. The number of nitrogens with zero attached hydrogens (tertiary/aromatic N) is 4. The molecule has 0 saturated carbocycles. The number of aryl methyl sites for hydroxylation is 1. The van der Waals surface area contributed by atoms with Crippen molar-refractivity contribution in [3.8, 4) is 5.69 Å². The van der Waals surface area contributed by atoms with Crippen LogP contribution in [0.3, 0.4) is 0 Å². The van der Waals surface area contributed by atoms with Crippen molar-refractivity contribution in [2.75, 3.05) is 0 Å². The van der Waals surface area contributed by atoms with E-state index in [1.807, 2.05) is 0 Å². The van der Waals surface area contributed by atoms with Gasteiger partial charge in [0.25, 0.3) is 5.56 Å². The molecule has 3 N–H and O–H groups in total. The molecule has 3 rings (SSSR count). The average molecular weight is 313 g/mol. The molecule has 0 radical (unpaired) electrons. The molecule has 0 aromatic carbocycles. The van der Waals surface area contributed by atoms with Crippen LogP contribution in [0.15, 0.2) is 41.6 Å². The lowest BCUT2D eigenvalue weighted by atomic mass is 10.1. The van der Waals surface area contributed by atoms with E-state index in [9.17, 15) is 9.59 Å². The molecule has 0 saturated heterocycles. The van der Waals surface area contributed by atoms with E-state index in [0.717, 1.165) is 5.52 Å². The van der Waals surface area contributed by atoms with Gasteiger partial charge >= 0.3 is 5.97 Å². The van der Waals surface area contributed by atoms with Crippen molar-refractivity contribution in [3.63, 3.8) is 0 Å². The van der Waals surface area contributed by atoms with Crippen LogP contribution in [0.1, 0.15) is 5.69 Å². The maximum Gasteiger partial charge on any atom is 0.320 e. The number of aliphatic carboxylic acids is 1. The molecule has 3 aromatic rings. The molecule has 0 aliphatic heterocycles. The van der Waals surface area contributed by atoms with E-state index in [0.29, 0.717) is 16.8 Å². The van der Waals surface area contributed by atoms with Gasteiger partial charge in [-0.15, -0.1) is 0 Å². The zero-order valence-corrected chi connectivity index (χ0v) is 12.4. The largest absolute Gasteiger partial charge is 0.480 e. The number of aromatic nitrogens is 4. The van der Waals surface area contributed by atoms with Crippen LogP contribution in [0.25, 0.3) is 16.6 Å². The second kappa shape index (κ2) is 5.65. The molecule has 3 heterocycles. The van der Waals surface area contributed by atoms with Crippen molar-refractivity contribution >= 4 is 16.9 Å². The number of pyridine rings is 2. The van der Waals surface area contributed by atoms with Crippen molar-refractivity contribution in [3.05, 3.63) is 52.8 Å². The lowest BCUT2D eigenvalue weighted by molar-refractivity contribution is -0.138. The van der Waals surface area contributed by atoms with Gasteiger partial charge in [0, 0.05) is 25.4 Å². The molecule has 1 atom stereocenters. The van der Waals surface area contributed by atoms with Crippen LogP contribution in [0.4, 0.5) is 0 Å². The van der Waals surface area contributed by atoms with Gasteiger partial charge in [0.2, 0.25) is 0 Å². The molecule has 0 aliphatic rings. The summed E-state index contributed by atoms with van der Waals surface area (Å²) in [7, 11) is 1.76. The van der Waals surface area contributed by atoms with E-state index < -0.39 is 12.0 Å². The van der Waals surface area contributed by atoms with Crippen LogP contribution in [-0.4, -0.2) is 36.4 Å². The van der Waals surface area contributed by atoms with Gasteiger partial charge in [0.15, 0.2) is 0 Å². The van der Waals surface area contributed by atoms with E-state index >= 15 is 0 Å². The highest BCUT2D eigenvalue weighted by atomic mass is 16.4. The fourth-order valence-electron chi connectivity index (χ4n) is 2.45. The van der Waals surface area contributed by atoms with E-state index in [1.165, 1.54) is 10.9 Å². The first kappa shape index (κ1) is 14.9. The summed E-state index contributed by atoms with van der Waals surface area (Å²) < 4.78 is 3.19. The Morgan fingerprint density at radius 1 is 1.35 bits per heavy atom. The number of carbonyl (C=O) groups is 1. The van der Waals surface area contributed by atoms with Crippen molar-refractivity contribution < 1.29 is 9.90 Å². The highest BCUT2D eigenvalue weighted by Gasteiger charge is 2.15. The Morgan fingerprint density at radius 2 is 2.13 bits per heavy atom. The molecule has 8 heteroatoms. The molecule has 0 amide bonds. The average Bonchev–Trinajstić information content (AvgIpc) is 2.80. The highest BCUT2D eigenvalue weighted by Crippen LogP contribution is 2.12. The number of carboxylic acid groups (broad SMARTS) is 1. The van der Waals surface area contributed by atoms with Gasteiger partial charge < -0.3 is 10.8 Å². The Kier molecular flexibility index (Phi) is 3.67. The van der Waals surface area contributed by atoms with Gasteiger partial charge in [-0.2, -0.15) is 0 Å². The summed E-state index contributed by atoms with van der Waals surface area (Å²) in [5.74, 6) is -1.08. The fourth-order valence-corrected chi connectivity index (χ4v) is 2.45. The molecule has 118 valence electrons. The lowest BCUT2D eigenvalue weighted by Gasteiger charge is -2.09. The second-order valence-electron chi connectivity index (χ2n) is 5.19. The van der Waals surface area contributed by atoms with Crippen LogP contribution in [0.2, 0.25) is 0 Å². The Labute approximate surface area is 130 Å². The summed E-state index contributed by atoms with van der Waals surface area (Å²) in [6, 6.07) is 4.05. The minimum absolute atomic E-state index is 0.129. The van der Waals surface area contributed by atoms with Crippen LogP contribution in [0, 0.1) is 0 Å². The summed E-state index contributed by atoms with van der Waals surface area (Å²) in [6.07, 6.45) is 4.85. The van der Waals surface area contributed by atoms with E-state index in [4.69, 9.17) is 10.8 Å². The molecule has 0 bridgehead atoms. The number of carboxylic acids is 1. The topological polar surface area (TPSA) is 116 Å². The summed E-state index contributed by atoms with van der Waals surface area (Å²) in [5.41, 5.74) is 7.18. The van der Waals surface area contributed by atoms with Gasteiger partial charge in [-0.1, -0.05) is 0 Å². The fraction of sp³-hybridized carbons (Fsp3) is 0.200. The maximum absolute atomic E-state index is 12.5. The van der Waals surface area contributed by atoms with Gasteiger partial charge in [-0.05, 0) is 18.2 Å². The first-order valence-electron chi connectivity index (χ1n) is 6.94. The first-order chi connectivity index (χ1) is 11.0. The lowest BCUT2D eigenvalue weighted by Crippen LogP contribution is -2.32. The Hall–Kier alpha value is -3.00. The zero-order valence-electron chi connectivity index (χ0n) is 12.4. The van der Waals surface area contributed by atoms with E-state index in [2.05, 4.69) is 9.97 Å². The number of fused-ring (bicyclic) bond motifs is 1. The molecular weight excluding hydrogens is 298 g/mol. The monoisotopic (exact) mass is 313 g/mol. The van der Waals surface area contributed by atoms with Crippen molar-refractivity contribution in [1.29, 1.82) is 0 Å². The highest BCUT2D eigenvalue weighted by molar-refractivity contribution is 5.78. The Morgan fingerprint density at radius 3 is 2.74 bits per heavy atom. The van der Waals surface area contributed by atoms with Crippen LogP contribution in [0.5, 0.6) is 0 Å². The molecule has 3 aromatic heterocycles. The minimum atomic E-state index is -1.08. The standard InChI is InChI=1S/C15H15N5O3/c1-19-13-8-17-5-4-11(13)14(21)20(19)10-3-2-9(18-7-10)6-12(16)15(22)23/h2-5,7-8,12H,6,16H2,1H3,(H,22,23)/t12-/m0/s1. The third-order valence-electron chi connectivity index (χ3n) is 3.67. The molecule has 0 unspecified atom stereocenters. The predicted octanol–water partition coefficient (Wildman–Crippen LogP) is 0.0736. The zero-order chi connectivity index (χ0) is 16.6. The summed E-state index contributed by atoms with van der Waals surface area (Å²) in [6.45, 7) is 0. The number of nitrogens with two attached hydrogens (primary N) is 1. The normalized spacial score (nSPS) is 12.4. The molecule has 8 nitrogen and oxygen atoms in total. The van der Waals surface area contributed by atoms with Crippen molar-refractivity contribution in [2.45, 2.75) is 12.5 Å². The Balaban J connectivity index is 2.00. The molecule has 23 heavy (non-hydrogen) atoms. The van der Waals surface area contributed by atoms with Gasteiger partial charge in [0.1, 0.15) is 6.04 Å². The Bertz CT molecular complexity index is 926. The number of rotatable bonds is 4. The molecule has 0 spiro atoms. The second-order valence-corrected chi connectivity index (χ2v) is 5.19. The minimum Gasteiger partial charge on any atom is -0.480 e. The van der Waals surface area contributed by atoms with Crippen LogP contribution >= 0.6 is 0 Å². The van der Waals surface area contributed by atoms with E-state index in [1.54, 1.807) is 42.3 Å². The third-order valence-corrected chi connectivity index (χ3v) is 3.67. The first-order valence-corrected chi connectivity index (χ1v) is 6.94. The summed E-state index contributed by atoms with van der Waals surface area (Å²) in [4.78, 5) is 31.5. The van der Waals surface area contributed by atoms with Crippen molar-refractivity contribution in [1.82, 2.24) is 19.3 Å². The quantitative estimate of drug-likeness (QED) is 0.704. The molecular formula is C15H15N5O3. The summed E-state index contributed by atoms with van der Waals surface area (Å²) in [5, 5.41) is 9.39. The number of hydrogen-bond donors (Lipinski definition) is 2. The smallest absolute Gasteiger partial charge is 0.320 e. The molecule has 0 aliphatic carbocycles. The SMILES string of the molecule is Cn1c2cnccc2c(=O)n1-c1ccc(C[C@H](N)C(=O)O)nc1. The van der Waals surface area contributed by atoms with Gasteiger partial charge in [0.05, 0.1) is 29.0 Å².